The Bertz CT molecular complexity index is 820. The summed E-state index contributed by atoms with van der Waals surface area (Å²) in [4.78, 5) is 4.75. The molecule has 0 unspecified atom stereocenters. The van der Waals surface area contributed by atoms with Gasteiger partial charge in [-0.15, -0.1) is 0 Å². The normalized spacial score (nSPS) is 14.4. The molecule has 0 amide bonds. The van der Waals surface area contributed by atoms with Crippen molar-refractivity contribution in [3.05, 3.63) is 53.7 Å². The molecule has 104 valence electrons. The van der Waals surface area contributed by atoms with Gasteiger partial charge in [-0.2, -0.15) is 5.26 Å². The Labute approximate surface area is 122 Å². The molecule has 0 saturated heterocycles. The number of benzene rings is 1. The molecule has 0 atom stereocenters. The maximum Gasteiger partial charge on any atom is 0.110 e. The van der Waals surface area contributed by atoms with Crippen LogP contribution in [0.4, 0.5) is 0 Å². The van der Waals surface area contributed by atoms with Crippen molar-refractivity contribution in [2.75, 3.05) is 0 Å². The number of rotatable bonds is 4. The number of fused-ring (bicyclic) bond motifs is 1. The van der Waals surface area contributed by atoms with Crippen molar-refractivity contribution in [2.45, 2.75) is 31.7 Å². The molecular formula is C17H15N3O. The van der Waals surface area contributed by atoms with Crippen LogP contribution in [0.3, 0.4) is 0 Å². The van der Waals surface area contributed by atoms with Crippen LogP contribution in [0.2, 0.25) is 0 Å². The van der Waals surface area contributed by atoms with Crippen molar-refractivity contribution in [1.82, 2.24) is 9.55 Å². The van der Waals surface area contributed by atoms with Crippen LogP contribution in [0.25, 0.3) is 11.0 Å². The molecule has 0 bridgehead atoms. The van der Waals surface area contributed by atoms with Crippen LogP contribution in [0.15, 0.2) is 41.0 Å². The first-order valence-electron chi connectivity index (χ1n) is 7.28. The number of nitrogens with zero attached hydrogens (tertiary/aromatic N) is 3. The smallest absolute Gasteiger partial charge is 0.110 e. The van der Waals surface area contributed by atoms with Crippen LogP contribution in [-0.2, 0) is 12.8 Å². The van der Waals surface area contributed by atoms with E-state index < -0.39 is 0 Å². The third-order valence-electron chi connectivity index (χ3n) is 3.98. The monoisotopic (exact) mass is 277 g/mol. The van der Waals surface area contributed by atoms with Gasteiger partial charge >= 0.3 is 0 Å². The number of imidazole rings is 1. The zero-order chi connectivity index (χ0) is 14.2. The van der Waals surface area contributed by atoms with E-state index in [0.717, 1.165) is 35.5 Å². The Kier molecular flexibility index (Phi) is 2.78. The summed E-state index contributed by atoms with van der Waals surface area (Å²) in [5.74, 6) is 2.08. The molecule has 1 fully saturated rings. The van der Waals surface area contributed by atoms with Crippen molar-refractivity contribution in [2.24, 2.45) is 0 Å². The molecule has 21 heavy (non-hydrogen) atoms. The first-order chi connectivity index (χ1) is 10.3. The Morgan fingerprint density at radius 3 is 2.90 bits per heavy atom. The van der Waals surface area contributed by atoms with Crippen LogP contribution < -0.4 is 0 Å². The standard InChI is InChI=1S/C17H15N3O/c18-11-12-3-7-16-15(10-12)19-17(20(16)13-4-5-13)8-6-14-2-1-9-21-14/h1-3,7,9-10,13H,4-6,8H2. The van der Waals surface area contributed by atoms with Gasteiger partial charge in [-0.05, 0) is 43.2 Å². The molecule has 1 aromatic carbocycles. The SMILES string of the molecule is N#Cc1ccc2c(c1)nc(CCc1ccco1)n2C1CC1. The van der Waals surface area contributed by atoms with Gasteiger partial charge in [0.15, 0.2) is 0 Å². The van der Waals surface area contributed by atoms with Crippen LogP contribution in [0, 0.1) is 11.3 Å². The highest BCUT2D eigenvalue weighted by Gasteiger charge is 2.28. The second-order valence-corrected chi connectivity index (χ2v) is 5.52. The lowest BCUT2D eigenvalue weighted by Crippen LogP contribution is -2.03. The third kappa shape index (κ3) is 2.21. The average molecular weight is 277 g/mol. The summed E-state index contributed by atoms with van der Waals surface area (Å²) in [6.45, 7) is 0. The molecule has 1 aliphatic rings. The van der Waals surface area contributed by atoms with Gasteiger partial charge in [-0.1, -0.05) is 0 Å². The summed E-state index contributed by atoms with van der Waals surface area (Å²) >= 11 is 0. The fourth-order valence-corrected chi connectivity index (χ4v) is 2.82. The number of hydrogen-bond donors (Lipinski definition) is 0. The minimum absolute atomic E-state index is 0.578. The van der Waals surface area contributed by atoms with Crippen LogP contribution in [-0.4, -0.2) is 9.55 Å². The molecule has 0 radical (unpaired) electrons. The second kappa shape index (κ2) is 4.78. The van der Waals surface area contributed by atoms with Gasteiger partial charge in [0.1, 0.15) is 11.6 Å². The minimum Gasteiger partial charge on any atom is -0.469 e. The molecule has 0 spiro atoms. The van der Waals surface area contributed by atoms with Crippen molar-refractivity contribution < 1.29 is 4.42 Å². The van der Waals surface area contributed by atoms with Gasteiger partial charge in [0.05, 0.1) is 28.9 Å². The molecule has 4 nitrogen and oxygen atoms in total. The maximum atomic E-state index is 9.03. The first-order valence-corrected chi connectivity index (χ1v) is 7.28. The lowest BCUT2D eigenvalue weighted by Gasteiger charge is -2.06. The van der Waals surface area contributed by atoms with E-state index in [9.17, 15) is 0 Å². The van der Waals surface area contributed by atoms with Gasteiger partial charge in [0, 0.05) is 18.9 Å². The van der Waals surface area contributed by atoms with Crippen molar-refractivity contribution in [3.63, 3.8) is 0 Å². The largest absolute Gasteiger partial charge is 0.469 e. The number of aromatic nitrogens is 2. The van der Waals surface area contributed by atoms with E-state index in [0.29, 0.717) is 11.6 Å². The van der Waals surface area contributed by atoms with Crippen LogP contribution in [0.5, 0.6) is 0 Å². The predicted octanol–water partition coefficient (Wildman–Crippen LogP) is 3.62. The van der Waals surface area contributed by atoms with E-state index in [2.05, 4.69) is 10.6 Å². The van der Waals surface area contributed by atoms with E-state index in [4.69, 9.17) is 14.7 Å². The summed E-state index contributed by atoms with van der Waals surface area (Å²) in [5.41, 5.74) is 2.74. The highest BCUT2D eigenvalue weighted by atomic mass is 16.3. The van der Waals surface area contributed by atoms with E-state index in [-0.39, 0.29) is 0 Å². The van der Waals surface area contributed by atoms with Crippen molar-refractivity contribution in [1.29, 1.82) is 5.26 Å². The zero-order valence-corrected chi connectivity index (χ0v) is 11.6. The average Bonchev–Trinajstić information content (AvgIpc) is 3.09. The molecular weight excluding hydrogens is 262 g/mol. The van der Waals surface area contributed by atoms with E-state index >= 15 is 0 Å². The van der Waals surface area contributed by atoms with Gasteiger partial charge in [-0.3, -0.25) is 0 Å². The summed E-state index contributed by atoms with van der Waals surface area (Å²) in [5, 5.41) is 9.03. The first kappa shape index (κ1) is 12.2. The highest BCUT2D eigenvalue weighted by Crippen LogP contribution is 2.39. The van der Waals surface area contributed by atoms with Crippen LogP contribution >= 0.6 is 0 Å². The van der Waals surface area contributed by atoms with Crippen molar-refractivity contribution >= 4 is 11.0 Å². The molecule has 0 aliphatic heterocycles. The van der Waals surface area contributed by atoms with E-state index in [1.807, 2.05) is 30.3 Å². The fraction of sp³-hybridized carbons (Fsp3) is 0.294. The molecule has 1 aliphatic carbocycles. The highest BCUT2D eigenvalue weighted by molar-refractivity contribution is 5.78. The molecule has 2 aromatic heterocycles. The van der Waals surface area contributed by atoms with Gasteiger partial charge in [0.25, 0.3) is 0 Å². The number of nitriles is 1. The molecule has 1 saturated carbocycles. The summed E-state index contributed by atoms with van der Waals surface area (Å²) in [6.07, 6.45) is 5.87. The lowest BCUT2D eigenvalue weighted by atomic mass is 10.2. The Balaban J connectivity index is 1.73. The third-order valence-corrected chi connectivity index (χ3v) is 3.98. The topological polar surface area (TPSA) is 54.8 Å². The molecule has 0 N–H and O–H groups in total. The van der Waals surface area contributed by atoms with Crippen LogP contribution in [0.1, 0.15) is 36.0 Å². The number of furan rings is 1. The summed E-state index contributed by atoms with van der Waals surface area (Å²) in [7, 11) is 0. The second-order valence-electron chi connectivity index (χ2n) is 5.52. The van der Waals surface area contributed by atoms with Gasteiger partial charge in [0.2, 0.25) is 0 Å². The minimum atomic E-state index is 0.578. The number of hydrogen-bond acceptors (Lipinski definition) is 3. The molecule has 2 heterocycles. The molecule has 4 rings (SSSR count). The van der Waals surface area contributed by atoms with E-state index in [1.165, 1.54) is 12.8 Å². The predicted molar refractivity (Wildman–Crippen MR) is 78.8 cm³/mol. The summed E-state index contributed by atoms with van der Waals surface area (Å²) < 4.78 is 7.75. The van der Waals surface area contributed by atoms with E-state index in [1.54, 1.807) is 6.26 Å². The Morgan fingerprint density at radius 2 is 2.19 bits per heavy atom. The lowest BCUT2D eigenvalue weighted by molar-refractivity contribution is 0.504. The van der Waals surface area contributed by atoms with Crippen molar-refractivity contribution in [3.8, 4) is 6.07 Å². The Hall–Kier alpha value is -2.54. The Morgan fingerprint density at radius 1 is 1.29 bits per heavy atom. The zero-order valence-electron chi connectivity index (χ0n) is 11.6. The summed E-state index contributed by atoms with van der Waals surface area (Å²) in [6, 6.07) is 12.5. The quantitative estimate of drug-likeness (QED) is 0.731. The molecule has 3 aromatic rings. The maximum absolute atomic E-state index is 9.03. The molecule has 4 heteroatoms. The van der Waals surface area contributed by atoms with Gasteiger partial charge in [-0.25, -0.2) is 4.98 Å². The number of aryl methyl sites for hydroxylation is 2. The van der Waals surface area contributed by atoms with Gasteiger partial charge < -0.3 is 8.98 Å². The fourth-order valence-electron chi connectivity index (χ4n) is 2.82.